The summed E-state index contributed by atoms with van der Waals surface area (Å²) < 4.78 is 5.48. The molecular weight excluding hydrogens is 214 g/mol. The lowest BCUT2D eigenvalue weighted by molar-refractivity contribution is -0.123. The maximum Gasteiger partial charge on any atom is 0.139 e. The second kappa shape index (κ2) is 7.98. The Labute approximate surface area is 103 Å². The van der Waals surface area contributed by atoms with Gasteiger partial charge in [-0.3, -0.25) is 4.79 Å². The molecule has 0 heterocycles. The fraction of sp³-hybridized carbons (Fsp3) is 0.500. The molecule has 0 radical (unpaired) electrons. The van der Waals surface area contributed by atoms with Crippen LogP contribution in [0.5, 0.6) is 0 Å². The highest BCUT2D eigenvalue weighted by atomic mass is 16.5. The predicted octanol–water partition coefficient (Wildman–Crippen LogP) is 2.02. The minimum atomic E-state index is 0.0697. The molecule has 0 amide bonds. The fourth-order valence-electron chi connectivity index (χ4n) is 1.60. The van der Waals surface area contributed by atoms with Crippen molar-refractivity contribution in [1.82, 2.24) is 5.32 Å². The Bertz CT molecular complexity index is 324. The summed E-state index contributed by atoms with van der Waals surface area (Å²) in [5.41, 5.74) is 1.14. The molecule has 1 N–H and O–H groups in total. The number of carbonyl (C=O) groups is 1. The van der Waals surface area contributed by atoms with Crippen molar-refractivity contribution in [2.75, 3.05) is 20.2 Å². The first-order valence-corrected chi connectivity index (χ1v) is 6.03. The third kappa shape index (κ3) is 5.61. The molecule has 0 bridgehead atoms. The molecule has 0 aromatic heterocycles. The zero-order chi connectivity index (χ0) is 12.5. The molecule has 3 nitrogen and oxygen atoms in total. The number of nitrogens with one attached hydrogen (secondary N) is 1. The van der Waals surface area contributed by atoms with Crippen molar-refractivity contribution in [2.45, 2.75) is 20.0 Å². The van der Waals surface area contributed by atoms with Crippen molar-refractivity contribution in [3.63, 3.8) is 0 Å². The van der Waals surface area contributed by atoms with Crippen LogP contribution in [0.3, 0.4) is 0 Å². The van der Waals surface area contributed by atoms with Gasteiger partial charge in [0, 0.05) is 18.9 Å². The quantitative estimate of drug-likeness (QED) is 0.701. The van der Waals surface area contributed by atoms with E-state index in [4.69, 9.17) is 4.74 Å². The van der Waals surface area contributed by atoms with E-state index in [1.54, 1.807) is 0 Å². The van der Waals surface area contributed by atoms with E-state index >= 15 is 0 Å². The first-order chi connectivity index (χ1) is 8.24. The molecule has 1 aromatic carbocycles. The van der Waals surface area contributed by atoms with Gasteiger partial charge in [-0.2, -0.15) is 0 Å². The van der Waals surface area contributed by atoms with E-state index in [0.29, 0.717) is 19.6 Å². The summed E-state index contributed by atoms with van der Waals surface area (Å²) >= 11 is 0. The van der Waals surface area contributed by atoms with Gasteiger partial charge < -0.3 is 10.1 Å². The smallest absolute Gasteiger partial charge is 0.139 e. The van der Waals surface area contributed by atoms with Gasteiger partial charge in [-0.05, 0) is 12.6 Å². The van der Waals surface area contributed by atoms with E-state index in [2.05, 4.69) is 5.32 Å². The van der Waals surface area contributed by atoms with Crippen molar-refractivity contribution in [3.8, 4) is 0 Å². The average Bonchev–Trinajstić information content (AvgIpc) is 2.36. The van der Waals surface area contributed by atoms with Crippen LogP contribution in [0, 0.1) is 5.92 Å². The fourth-order valence-corrected chi connectivity index (χ4v) is 1.60. The highest BCUT2D eigenvalue weighted by Crippen LogP contribution is 2.03. The second-order valence-corrected chi connectivity index (χ2v) is 4.21. The normalized spacial score (nSPS) is 12.4. The highest BCUT2D eigenvalue weighted by Gasteiger charge is 2.11. The monoisotopic (exact) mass is 235 g/mol. The Morgan fingerprint density at radius 2 is 2.06 bits per heavy atom. The summed E-state index contributed by atoms with van der Waals surface area (Å²) in [6, 6.07) is 9.99. The summed E-state index contributed by atoms with van der Waals surface area (Å²) in [6.07, 6.45) is 0.496. The van der Waals surface area contributed by atoms with Crippen LogP contribution in [-0.4, -0.2) is 26.0 Å². The topological polar surface area (TPSA) is 38.3 Å². The SMILES string of the molecule is CNCC(C)C(=O)CCOCc1ccccc1. The van der Waals surface area contributed by atoms with Crippen LogP contribution >= 0.6 is 0 Å². The van der Waals surface area contributed by atoms with Gasteiger partial charge in [0.1, 0.15) is 5.78 Å². The first-order valence-electron chi connectivity index (χ1n) is 6.03. The van der Waals surface area contributed by atoms with Gasteiger partial charge >= 0.3 is 0 Å². The van der Waals surface area contributed by atoms with E-state index in [9.17, 15) is 4.79 Å². The van der Waals surface area contributed by atoms with Crippen LogP contribution in [-0.2, 0) is 16.1 Å². The van der Waals surface area contributed by atoms with Gasteiger partial charge in [0.05, 0.1) is 13.2 Å². The van der Waals surface area contributed by atoms with Crippen molar-refractivity contribution in [3.05, 3.63) is 35.9 Å². The Kier molecular flexibility index (Phi) is 6.51. The van der Waals surface area contributed by atoms with E-state index < -0.39 is 0 Å². The Hall–Kier alpha value is -1.19. The number of ether oxygens (including phenoxy) is 1. The number of ketones is 1. The van der Waals surface area contributed by atoms with Gasteiger partial charge in [-0.25, -0.2) is 0 Å². The van der Waals surface area contributed by atoms with Gasteiger partial charge in [0.25, 0.3) is 0 Å². The lowest BCUT2D eigenvalue weighted by atomic mass is 10.0. The second-order valence-electron chi connectivity index (χ2n) is 4.21. The summed E-state index contributed by atoms with van der Waals surface area (Å²) in [4.78, 5) is 11.6. The van der Waals surface area contributed by atoms with Crippen molar-refractivity contribution in [2.24, 2.45) is 5.92 Å². The summed E-state index contributed by atoms with van der Waals surface area (Å²) in [6.45, 7) is 3.75. The maximum atomic E-state index is 11.6. The summed E-state index contributed by atoms with van der Waals surface area (Å²) in [5.74, 6) is 0.327. The molecule has 0 aliphatic heterocycles. The maximum absolute atomic E-state index is 11.6. The molecule has 94 valence electrons. The number of hydrogen-bond acceptors (Lipinski definition) is 3. The Morgan fingerprint density at radius 3 is 2.71 bits per heavy atom. The molecule has 17 heavy (non-hydrogen) atoms. The first kappa shape index (κ1) is 13.9. The molecule has 0 spiro atoms. The molecule has 1 aromatic rings. The molecule has 0 saturated heterocycles. The number of hydrogen-bond donors (Lipinski definition) is 1. The van der Waals surface area contributed by atoms with Crippen molar-refractivity contribution >= 4 is 5.78 Å². The molecule has 1 atom stereocenters. The minimum absolute atomic E-state index is 0.0697. The van der Waals surface area contributed by atoms with Crippen LogP contribution in [0.15, 0.2) is 30.3 Å². The predicted molar refractivity (Wildman–Crippen MR) is 68.8 cm³/mol. The molecule has 0 aliphatic carbocycles. The summed E-state index contributed by atoms with van der Waals surface area (Å²) in [5, 5.41) is 3.00. The lowest BCUT2D eigenvalue weighted by Gasteiger charge is -2.09. The van der Waals surface area contributed by atoms with Gasteiger partial charge in [-0.15, -0.1) is 0 Å². The van der Waals surface area contributed by atoms with Crippen LogP contribution in [0.4, 0.5) is 0 Å². The molecule has 0 aliphatic rings. The van der Waals surface area contributed by atoms with Gasteiger partial charge in [0.15, 0.2) is 0 Å². The third-order valence-electron chi connectivity index (χ3n) is 2.66. The Morgan fingerprint density at radius 1 is 1.35 bits per heavy atom. The van der Waals surface area contributed by atoms with E-state index in [-0.39, 0.29) is 11.7 Å². The van der Waals surface area contributed by atoms with Gasteiger partial charge in [0.2, 0.25) is 0 Å². The van der Waals surface area contributed by atoms with Gasteiger partial charge in [-0.1, -0.05) is 37.3 Å². The number of carbonyl (C=O) groups excluding carboxylic acids is 1. The standard InChI is InChI=1S/C14H21NO2/c1-12(10-15-2)14(16)8-9-17-11-13-6-4-3-5-7-13/h3-7,12,15H,8-11H2,1-2H3. The number of rotatable bonds is 8. The molecule has 0 saturated carbocycles. The van der Waals surface area contributed by atoms with E-state index in [1.165, 1.54) is 0 Å². The third-order valence-corrected chi connectivity index (χ3v) is 2.66. The minimum Gasteiger partial charge on any atom is -0.376 e. The average molecular weight is 235 g/mol. The lowest BCUT2D eigenvalue weighted by Crippen LogP contribution is -2.24. The van der Waals surface area contributed by atoms with E-state index in [0.717, 1.165) is 12.1 Å². The Balaban J connectivity index is 2.14. The van der Waals surface area contributed by atoms with Crippen molar-refractivity contribution < 1.29 is 9.53 Å². The van der Waals surface area contributed by atoms with Crippen molar-refractivity contribution in [1.29, 1.82) is 0 Å². The molecular formula is C14H21NO2. The van der Waals surface area contributed by atoms with Crippen LogP contribution < -0.4 is 5.32 Å². The number of benzene rings is 1. The largest absolute Gasteiger partial charge is 0.376 e. The molecule has 0 fully saturated rings. The van der Waals surface area contributed by atoms with Crippen LogP contribution in [0.2, 0.25) is 0 Å². The molecule has 1 rings (SSSR count). The molecule has 3 heteroatoms. The summed E-state index contributed by atoms with van der Waals surface area (Å²) in [7, 11) is 1.86. The highest BCUT2D eigenvalue weighted by molar-refractivity contribution is 5.80. The number of Topliss-reactive ketones (excluding diaryl/α,β-unsaturated/α-hetero) is 1. The van der Waals surface area contributed by atoms with Crippen LogP contribution in [0.25, 0.3) is 0 Å². The van der Waals surface area contributed by atoms with E-state index in [1.807, 2.05) is 44.3 Å². The zero-order valence-electron chi connectivity index (χ0n) is 10.6. The zero-order valence-corrected chi connectivity index (χ0v) is 10.6. The van der Waals surface area contributed by atoms with Crippen LogP contribution in [0.1, 0.15) is 18.9 Å². The molecule has 1 unspecified atom stereocenters.